The molecule has 1 aliphatic carbocycles. The van der Waals surface area contributed by atoms with Crippen molar-refractivity contribution in [2.75, 3.05) is 32.6 Å². The van der Waals surface area contributed by atoms with Gasteiger partial charge in [-0.15, -0.1) is 0 Å². The van der Waals surface area contributed by atoms with Gasteiger partial charge in [-0.25, -0.2) is 9.59 Å². The number of amides is 2. The number of carboxylic acids is 1. The van der Waals surface area contributed by atoms with E-state index in [0.29, 0.717) is 0 Å². The van der Waals surface area contributed by atoms with Gasteiger partial charge in [-0.2, -0.15) is 5.10 Å². The number of nitrogens with zero attached hydrogens (tertiary/aromatic N) is 3. The smallest absolute Gasteiger partial charge is 0.407 e. The van der Waals surface area contributed by atoms with Crippen LogP contribution in [-0.2, 0) is 16.6 Å². The average molecular weight is 478 g/mol. The Morgan fingerprint density at radius 2 is 1.69 bits per heavy atom. The first-order valence-corrected chi connectivity index (χ1v) is 11.1. The summed E-state index contributed by atoms with van der Waals surface area (Å²) in [5, 5.41) is 18.4. The Bertz CT molecular complexity index is 1220. The molecule has 0 unspecified atom stereocenters. The minimum atomic E-state index is -1.23. The molecule has 3 aromatic rings. The van der Waals surface area contributed by atoms with Gasteiger partial charge in [0.15, 0.2) is 5.69 Å². The SMILES string of the molecule is CN(C)C[C@H](NC(=O)OCC1c2ccccc2-c2ccccc21)C(=O)Nc1cnn(C)c1C(=O)O. The average Bonchev–Trinajstić information content (AvgIpc) is 3.34. The van der Waals surface area contributed by atoms with Gasteiger partial charge in [0.05, 0.1) is 11.9 Å². The second kappa shape index (κ2) is 9.98. The number of anilines is 1. The van der Waals surface area contributed by atoms with Crippen molar-refractivity contribution < 1.29 is 24.2 Å². The lowest BCUT2D eigenvalue weighted by atomic mass is 9.98. The van der Waals surface area contributed by atoms with E-state index in [1.165, 1.54) is 13.2 Å². The minimum absolute atomic E-state index is 0.0445. The van der Waals surface area contributed by atoms with Gasteiger partial charge < -0.3 is 25.4 Å². The van der Waals surface area contributed by atoms with E-state index in [9.17, 15) is 19.5 Å². The lowest BCUT2D eigenvalue weighted by Crippen LogP contribution is -2.49. The topological polar surface area (TPSA) is 126 Å². The number of carbonyl (C=O) groups excluding carboxylic acids is 2. The number of likely N-dealkylation sites (N-methyl/N-ethyl adjacent to an activating group) is 1. The van der Waals surface area contributed by atoms with Crippen LogP contribution >= 0.6 is 0 Å². The second-order valence-corrected chi connectivity index (χ2v) is 8.61. The van der Waals surface area contributed by atoms with Crippen molar-refractivity contribution in [2.24, 2.45) is 7.05 Å². The quantitative estimate of drug-likeness (QED) is 0.455. The Kier molecular flexibility index (Phi) is 6.83. The van der Waals surface area contributed by atoms with Crippen molar-refractivity contribution >= 4 is 23.7 Å². The number of alkyl carbamates (subject to hydrolysis) is 1. The molecule has 3 N–H and O–H groups in total. The number of aryl methyl sites for hydroxylation is 1. The van der Waals surface area contributed by atoms with Crippen molar-refractivity contribution in [3.8, 4) is 11.1 Å². The molecule has 10 heteroatoms. The third-order valence-corrected chi connectivity index (χ3v) is 5.90. The molecule has 1 heterocycles. The van der Waals surface area contributed by atoms with E-state index in [1.54, 1.807) is 19.0 Å². The summed E-state index contributed by atoms with van der Waals surface area (Å²) >= 11 is 0. The van der Waals surface area contributed by atoms with Crippen LogP contribution in [-0.4, -0.2) is 71.0 Å². The summed E-state index contributed by atoms with van der Waals surface area (Å²) < 4.78 is 6.71. The first-order valence-electron chi connectivity index (χ1n) is 11.1. The van der Waals surface area contributed by atoms with E-state index >= 15 is 0 Å². The highest BCUT2D eigenvalue weighted by atomic mass is 16.5. The predicted molar refractivity (Wildman–Crippen MR) is 129 cm³/mol. The number of carbonyl (C=O) groups is 3. The molecule has 0 aliphatic heterocycles. The summed E-state index contributed by atoms with van der Waals surface area (Å²) in [6.45, 7) is 0.292. The fraction of sp³-hybridized carbons (Fsp3) is 0.280. The maximum Gasteiger partial charge on any atom is 0.407 e. The van der Waals surface area contributed by atoms with Gasteiger partial charge in [0, 0.05) is 19.5 Å². The van der Waals surface area contributed by atoms with Crippen LogP contribution in [0.5, 0.6) is 0 Å². The summed E-state index contributed by atoms with van der Waals surface area (Å²) in [4.78, 5) is 38.8. The van der Waals surface area contributed by atoms with Crippen molar-refractivity contribution in [1.29, 1.82) is 0 Å². The van der Waals surface area contributed by atoms with Crippen LogP contribution in [0.15, 0.2) is 54.7 Å². The highest BCUT2D eigenvalue weighted by Crippen LogP contribution is 2.44. The van der Waals surface area contributed by atoms with Gasteiger partial charge in [-0.3, -0.25) is 9.48 Å². The summed E-state index contributed by atoms with van der Waals surface area (Å²) in [7, 11) is 4.98. The number of benzene rings is 2. The van der Waals surface area contributed by atoms with Gasteiger partial charge in [0.2, 0.25) is 5.91 Å². The molecule has 2 aromatic carbocycles. The molecular weight excluding hydrogens is 450 g/mol. The molecule has 182 valence electrons. The number of carboxylic acid groups (broad SMARTS) is 1. The summed E-state index contributed by atoms with van der Waals surface area (Å²) in [6, 6.07) is 15.0. The fourth-order valence-corrected chi connectivity index (χ4v) is 4.34. The van der Waals surface area contributed by atoms with Crippen LogP contribution < -0.4 is 10.6 Å². The van der Waals surface area contributed by atoms with Gasteiger partial charge in [0.1, 0.15) is 12.6 Å². The van der Waals surface area contributed by atoms with E-state index in [2.05, 4.69) is 27.9 Å². The van der Waals surface area contributed by atoms with Crippen LogP contribution in [0, 0.1) is 0 Å². The highest BCUT2D eigenvalue weighted by molar-refractivity contribution is 6.02. The zero-order valence-electron chi connectivity index (χ0n) is 19.7. The Labute approximate surface area is 202 Å². The number of hydrogen-bond acceptors (Lipinski definition) is 6. The van der Waals surface area contributed by atoms with E-state index in [-0.39, 0.29) is 30.5 Å². The minimum Gasteiger partial charge on any atom is -0.476 e. The number of rotatable bonds is 8. The van der Waals surface area contributed by atoms with Gasteiger partial charge >= 0.3 is 12.1 Å². The van der Waals surface area contributed by atoms with Crippen molar-refractivity contribution in [1.82, 2.24) is 20.0 Å². The monoisotopic (exact) mass is 477 g/mol. The zero-order chi connectivity index (χ0) is 25.1. The highest BCUT2D eigenvalue weighted by Gasteiger charge is 2.30. The normalized spacial score (nSPS) is 13.1. The lowest BCUT2D eigenvalue weighted by Gasteiger charge is -2.22. The number of fused-ring (bicyclic) bond motifs is 3. The van der Waals surface area contributed by atoms with Crippen LogP contribution in [0.2, 0.25) is 0 Å². The van der Waals surface area contributed by atoms with Crippen LogP contribution in [0.4, 0.5) is 10.5 Å². The fourth-order valence-electron chi connectivity index (χ4n) is 4.34. The number of aromatic nitrogens is 2. The molecule has 4 rings (SSSR count). The zero-order valence-corrected chi connectivity index (χ0v) is 19.7. The Balaban J connectivity index is 1.44. The first kappa shape index (κ1) is 24.0. The van der Waals surface area contributed by atoms with E-state index in [1.807, 2.05) is 36.4 Å². The van der Waals surface area contributed by atoms with Crippen LogP contribution in [0.1, 0.15) is 27.5 Å². The molecule has 1 aliphatic rings. The van der Waals surface area contributed by atoms with Gasteiger partial charge in [-0.05, 0) is 36.3 Å². The van der Waals surface area contributed by atoms with Crippen molar-refractivity contribution in [2.45, 2.75) is 12.0 Å². The summed E-state index contributed by atoms with van der Waals surface area (Å²) in [6.07, 6.45) is 0.514. The molecule has 2 amide bonds. The standard InChI is InChI=1S/C25H27N5O5/c1-29(2)13-21(23(31)27-20-12-26-30(3)22(20)24(32)33)28-25(34)35-14-19-17-10-6-4-8-15(17)16-9-5-7-11-18(16)19/h4-12,19,21H,13-14H2,1-3H3,(H,27,31)(H,28,34)(H,32,33)/t21-/m0/s1. The lowest BCUT2D eigenvalue weighted by molar-refractivity contribution is -0.118. The molecular formula is C25H27N5O5. The summed E-state index contributed by atoms with van der Waals surface area (Å²) in [5.74, 6) is -1.92. The number of hydrogen-bond donors (Lipinski definition) is 3. The first-order chi connectivity index (χ1) is 16.8. The van der Waals surface area contributed by atoms with E-state index in [0.717, 1.165) is 26.9 Å². The van der Waals surface area contributed by atoms with Crippen LogP contribution in [0.25, 0.3) is 11.1 Å². The molecule has 10 nitrogen and oxygen atoms in total. The molecule has 0 saturated heterocycles. The molecule has 35 heavy (non-hydrogen) atoms. The molecule has 0 spiro atoms. The molecule has 0 fully saturated rings. The molecule has 0 radical (unpaired) electrons. The maximum absolute atomic E-state index is 12.9. The Hall–Kier alpha value is -4.18. The van der Waals surface area contributed by atoms with Crippen LogP contribution in [0.3, 0.4) is 0 Å². The van der Waals surface area contributed by atoms with Crippen molar-refractivity contribution in [3.63, 3.8) is 0 Å². The number of ether oxygens (including phenoxy) is 1. The van der Waals surface area contributed by atoms with Gasteiger partial charge in [-0.1, -0.05) is 48.5 Å². The number of aromatic carboxylic acids is 1. The number of nitrogens with one attached hydrogen (secondary N) is 2. The second-order valence-electron chi connectivity index (χ2n) is 8.61. The maximum atomic E-state index is 12.9. The van der Waals surface area contributed by atoms with E-state index in [4.69, 9.17) is 4.74 Å². The molecule has 0 saturated carbocycles. The van der Waals surface area contributed by atoms with Gasteiger partial charge in [0.25, 0.3) is 0 Å². The molecule has 1 atom stereocenters. The Morgan fingerprint density at radius 3 is 2.26 bits per heavy atom. The molecule has 1 aromatic heterocycles. The molecule has 0 bridgehead atoms. The Morgan fingerprint density at radius 1 is 1.09 bits per heavy atom. The summed E-state index contributed by atoms with van der Waals surface area (Å²) in [5.41, 5.74) is 4.29. The van der Waals surface area contributed by atoms with E-state index < -0.39 is 24.0 Å². The predicted octanol–water partition coefficient (Wildman–Crippen LogP) is 2.53. The van der Waals surface area contributed by atoms with Crippen molar-refractivity contribution in [3.05, 3.63) is 71.5 Å². The third kappa shape index (κ3) is 5.02. The third-order valence-electron chi connectivity index (χ3n) is 5.90. The largest absolute Gasteiger partial charge is 0.476 e.